The highest BCUT2D eigenvalue weighted by Crippen LogP contribution is 2.31. The van der Waals surface area contributed by atoms with Crippen molar-refractivity contribution in [3.8, 4) is 5.75 Å². The number of amides is 1. The van der Waals surface area contributed by atoms with Crippen LogP contribution in [0, 0.1) is 5.92 Å². The average Bonchev–Trinajstić information content (AvgIpc) is 2.90. The van der Waals surface area contributed by atoms with Gasteiger partial charge in [0.2, 0.25) is 5.91 Å². The first kappa shape index (κ1) is 15.7. The second-order valence-corrected chi connectivity index (χ2v) is 7.60. The molecule has 116 valence electrons. The molecular weight excluding hydrogens is 341 g/mol. The van der Waals surface area contributed by atoms with Crippen LogP contribution in [0.25, 0.3) is 0 Å². The third kappa shape index (κ3) is 3.40. The SMILES string of the molecule is CN(Cc1ccc(Cl)s1)C(=O)C1COc2ccc(Cl)cc2C1. The quantitative estimate of drug-likeness (QED) is 0.822. The summed E-state index contributed by atoms with van der Waals surface area (Å²) in [5.74, 6) is 0.725. The molecule has 1 unspecified atom stereocenters. The number of hydrogen-bond acceptors (Lipinski definition) is 3. The summed E-state index contributed by atoms with van der Waals surface area (Å²) >= 11 is 13.4. The molecule has 0 N–H and O–H groups in total. The van der Waals surface area contributed by atoms with Gasteiger partial charge in [0, 0.05) is 16.9 Å². The molecule has 0 saturated carbocycles. The first-order chi connectivity index (χ1) is 10.5. The Hall–Kier alpha value is -1.23. The fourth-order valence-corrected chi connectivity index (χ4v) is 3.92. The fraction of sp³-hybridized carbons (Fsp3) is 0.312. The zero-order valence-corrected chi connectivity index (χ0v) is 14.3. The van der Waals surface area contributed by atoms with Gasteiger partial charge in [-0.25, -0.2) is 0 Å². The number of rotatable bonds is 3. The van der Waals surface area contributed by atoms with Crippen molar-refractivity contribution in [2.24, 2.45) is 5.92 Å². The molecule has 2 heterocycles. The van der Waals surface area contributed by atoms with E-state index in [0.717, 1.165) is 20.5 Å². The smallest absolute Gasteiger partial charge is 0.229 e. The summed E-state index contributed by atoms with van der Waals surface area (Å²) in [6, 6.07) is 9.32. The van der Waals surface area contributed by atoms with Crippen LogP contribution in [0.2, 0.25) is 9.36 Å². The largest absolute Gasteiger partial charge is 0.492 e. The summed E-state index contributed by atoms with van der Waals surface area (Å²) in [5.41, 5.74) is 0.990. The van der Waals surface area contributed by atoms with Crippen LogP contribution in [0.5, 0.6) is 5.75 Å². The maximum Gasteiger partial charge on any atom is 0.229 e. The molecule has 1 aliphatic heterocycles. The molecule has 2 aromatic rings. The van der Waals surface area contributed by atoms with Gasteiger partial charge < -0.3 is 9.64 Å². The molecule has 0 spiro atoms. The Morgan fingerprint density at radius 2 is 2.18 bits per heavy atom. The van der Waals surface area contributed by atoms with E-state index in [-0.39, 0.29) is 11.8 Å². The number of fused-ring (bicyclic) bond motifs is 1. The van der Waals surface area contributed by atoms with E-state index in [0.29, 0.717) is 24.6 Å². The highest BCUT2D eigenvalue weighted by atomic mass is 35.5. The number of carbonyl (C=O) groups excluding carboxylic acids is 1. The maximum atomic E-state index is 12.6. The first-order valence-electron chi connectivity index (χ1n) is 6.93. The number of halogens is 2. The van der Waals surface area contributed by atoms with Crippen molar-refractivity contribution in [2.45, 2.75) is 13.0 Å². The van der Waals surface area contributed by atoms with E-state index in [9.17, 15) is 4.79 Å². The van der Waals surface area contributed by atoms with Crippen molar-refractivity contribution < 1.29 is 9.53 Å². The molecule has 0 bridgehead atoms. The van der Waals surface area contributed by atoms with E-state index in [1.54, 1.807) is 11.0 Å². The molecular formula is C16H15Cl2NO2S. The van der Waals surface area contributed by atoms with E-state index in [4.69, 9.17) is 27.9 Å². The minimum Gasteiger partial charge on any atom is -0.492 e. The van der Waals surface area contributed by atoms with Gasteiger partial charge >= 0.3 is 0 Å². The van der Waals surface area contributed by atoms with Gasteiger partial charge in [0.1, 0.15) is 12.4 Å². The third-order valence-electron chi connectivity index (χ3n) is 3.68. The van der Waals surface area contributed by atoms with Gasteiger partial charge in [0.15, 0.2) is 0 Å². The van der Waals surface area contributed by atoms with E-state index in [1.807, 2.05) is 31.3 Å². The van der Waals surface area contributed by atoms with Gasteiger partial charge in [-0.1, -0.05) is 23.2 Å². The van der Waals surface area contributed by atoms with Crippen molar-refractivity contribution in [2.75, 3.05) is 13.7 Å². The van der Waals surface area contributed by atoms with E-state index < -0.39 is 0 Å². The van der Waals surface area contributed by atoms with Gasteiger partial charge in [-0.3, -0.25) is 4.79 Å². The van der Waals surface area contributed by atoms with Crippen LogP contribution in [0.1, 0.15) is 10.4 Å². The van der Waals surface area contributed by atoms with Crippen LogP contribution >= 0.6 is 34.5 Å². The zero-order chi connectivity index (χ0) is 15.7. The van der Waals surface area contributed by atoms with E-state index in [1.165, 1.54) is 11.3 Å². The molecule has 0 saturated heterocycles. The lowest BCUT2D eigenvalue weighted by Crippen LogP contribution is -2.38. The molecule has 6 heteroatoms. The van der Waals surface area contributed by atoms with Crippen LogP contribution in [-0.4, -0.2) is 24.5 Å². The monoisotopic (exact) mass is 355 g/mol. The normalized spacial score (nSPS) is 16.8. The Kier molecular flexibility index (Phi) is 4.62. The summed E-state index contributed by atoms with van der Waals surface area (Å²) in [6.07, 6.45) is 0.657. The van der Waals surface area contributed by atoms with Crippen LogP contribution in [0.3, 0.4) is 0 Å². The summed E-state index contributed by atoms with van der Waals surface area (Å²) in [5, 5.41) is 0.664. The zero-order valence-electron chi connectivity index (χ0n) is 12.0. The Bertz CT molecular complexity index is 701. The van der Waals surface area contributed by atoms with Crippen molar-refractivity contribution in [1.82, 2.24) is 4.90 Å². The Balaban J connectivity index is 1.68. The molecule has 3 nitrogen and oxygen atoms in total. The molecule has 1 aromatic carbocycles. The number of carbonyl (C=O) groups is 1. The molecule has 1 aliphatic rings. The Morgan fingerprint density at radius 3 is 2.91 bits per heavy atom. The molecule has 0 radical (unpaired) electrons. The van der Waals surface area contributed by atoms with Crippen LogP contribution < -0.4 is 4.74 Å². The van der Waals surface area contributed by atoms with Gasteiger partial charge in [-0.2, -0.15) is 0 Å². The van der Waals surface area contributed by atoms with Crippen LogP contribution in [0.4, 0.5) is 0 Å². The number of ether oxygens (including phenoxy) is 1. The molecule has 3 rings (SSSR count). The van der Waals surface area contributed by atoms with Crippen molar-refractivity contribution in [1.29, 1.82) is 0 Å². The Morgan fingerprint density at radius 1 is 1.36 bits per heavy atom. The van der Waals surface area contributed by atoms with E-state index >= 15 is 0 Å². The molecule has 1 amide bonds. The van der Waals surface area contributed by atoms with Crippen LogP contribution in [-0.2, 0) is 17.8 Å². The van der Waals surface area contributed by atoms with Gasteiger partial charge in [-0.05, 0) is 42.3 Å². The minimum atomic E-state index is -0.175. The highest BCUT2D eigenvalue weighted by molar-refractivity contribution is 7.16. The first-order valence-corrected chi connectivity index (χ1v) is 8.50. The minimum absolute atomic E-state index is 0.0788. The molecule has 1 aromatic heterocycles. The topological polar surface area (TPSA) is 29.5 Å². The summed E-state index contributed by atoms with van der Waals surface area (Å²) in [4.78, 5) is 15.4. The summed E-state index contributed by atoms with van der Waals surface area (Å²) in [7, 11) is 1.81. The lowest BCUT2D eigenvalue weighted by molar-refractivity contribution is -0.136. The standard InChI is InChI=1S/C16H15Cl2NO2S/c1-19(8-13-3-5-15(18)22-13)16(20)11-6-10-7-12(17)2-4-14(10)21-9-11/h2-5,7,11H,6,8-9H2,1H3. The number of benzene rings is 1. The molecule has 1 atom stereocenters. The molecule has 0 aliphatic carbocycles. The third-order valence-corrected chi connectivity index (χ3v) is 5.13. The molecule has 0 fully saturated rings. The second kappa shape index (κ2) is 6.49. The van der Waals surface area contributed by atoms with E-state index in [2.05, 4.69) is 0 Å². The van der Waals surface area contributed by atoms with Crippen LogP contribution in [0.15, 0.2) is 30.3 Å². The lowest BCUT2D eigenvalue weighted by Gasteiger charge is -2.28. The average molecular weight is 356 g/mol. The van der Waals surface area contributed by atoms with Gasteiger partial charge in [0.05, 0.1) is 16.8 Å². The predicted molar refractivity (Wildman–Crippen MR) is 89.9 cm³/mol. The maximum absolute atomic E-state index is 12.6. The lowest BCUT2D eigenvalue weighted by atomic mass is 9.95. The summed E-state index contributed by atoms with van der Waals surface area (Å²) in [6.45, 7) is 0.970. The predicted octanol–water partition coefficient (Wildman–Crippen LogP) is 4.26. The second-order valence-electron chi connectivity index (χ2n) is 5.36. The van der Waals surface area contributed by atoms with Gasteiger partial charge in [-0.15, -0.1) is 11.3 Å². The molecule has 22 heavy (non-hydrogen) atoms. The fourth-order valence-electron chi connectivity index (χ4n) is 2.58. The van der Waals surface area contributed by atoms with Crippen molar-refractivity contribution >= 4 is 40.4 Å². The van der Waals surface area contributed by atoms with Gasteiger partial charge in [0.25, 0.3) is 0 Å². The summed E-state index contributed by atoms with van der Waals surface area (Å²) < 4.78 is 6.43. The number of thiophene rings is 1. The Labute approximate surface area is 143 Å². The number of nitrogens with zero attached hydrogens (tertiary/aromatic N) is 1. The van der Waals surface area contributed by atoms with Crippen molar-refractivity contribution in [3.63, 3.8) is 0 Å². The highest BCUT2D eigenvalue weighted by Gasteiger charge is 2.28. The number of hydrogen-bond donors (Lipinski definition) is 0. The van der Waals surface area contributed by atoms with Crippen molar-refractivity contribution in [3.05, 3.63) is 50.1 Å².